The Kier molecular flexibility index (Phi) is 12.4. The Morgan fingerprint density at radius 2 is 1.53 bits per heavy atom. The maximum Gasteiger partial charge on any atom is 0.0789 e. The van der Waals surface area contributed by atoms with Crippen molar-refractivity contribution in [3.63, 3.8) is 0 Å². The molecule has 0 bridgehead atoms. The number of allylic oxidation sites excluding steroid dienone is 4. The number of aliphatic hydroxyl groups excluding tert-OH is 1. The predicted molar refractivity (Wildman–Crippen MR) is 133 cm³/mol. The first-order chi connectivity index (χ1) is 15.6. The Morgan fingerprint density at radius 1 is 0.906 bits per heavy atom. The molecule has 0 saturated heterocycles. The van der Waals surface area contributed by atoms with Gasteiger partial charge in [0.15, 0.2) is 0 Å². The summed E-state index contributed by atoms with van der Waals surface area (Å²) < 4.78 is 11.9. The van der Waals surface area contributed by atoms with Gasteiger partial charge in [-0.3, -0.25) is 0 Å². The molecule has 2 rings (SSSR count). The number of hydrogen-bond donors (Lipinski definition) is 1. The summed E-state index contributed by atoms with van der Waals surface area (Å²) in [5, 5.41) is 9.42. The monoisotopic (exact) mass is 434 g/mol. The second-order valence-corrected chi connectivity index (χ2v) is 8.45. The van der Waals surface area contributed by atoms with Gasteiger partial charge in [-0.15, -0.1) is 0 Å². The highest BCUT2D eigenvalue weighted by molar-refractivity contribution is 5.21. The summed E-state index contributed by atoms with van der Waals surface area (Å²) in [7, 11) is 0. The van der Waals surface area contributed by atoms with Crippen molar-refractivity contribution in [1.82, 2.24) is 0 Å². The Hall–Kier alpha value is -2.46. The number of hydrogen-bond acceptors (Lipinski definition) is 3. The van der Waals surface area contributed by atoms with Crippen molar-refractivity contribution in [2.45, 2.75) is 46.5 Å². The highest BCUT2D eigenvalue weighted by Crippen LogP contribution is 2.20. The molecule has 0 fully saturated rings. The van der Waals surface area contributed by atoms with Gasteiger partial charge in [-0.25, -0.2) is 0 Å². The third-order valence-electron chi connectivity index (χ3n) is 5.34. The normalized spacial score (nSPS) is 15.3. The molecule has 0 heterocycles. The molecule has 172 valence electrons. The third kappa shape index (κ3) is 10.7. The summed E-state index contributed by atoms with van der Waals surface area (Å²) in [4.78, 5) is 0. The van der Waals surface area contributed by atoms with E-state index in [0.29, 0.717) is 25.7 Å². The fourth-order valence-corrected chi connectivity index (χ4v) is 3.41. The highest BCUT2D eigenvalue weighted by Gasteiger charge is 2.17. The van der Waals surface area contributed by atoms with Gasteiger partial charge in [0.25, 0.3) is 0 Å². The summed E-state index contributed by atoms with van der Waals surface area (Å²) in [5.41, 5.74) is 3.51. The lowest BCUT2D eigenvalue weighted by Gasteiger charge is -2.23. The van der Waals surface area contributed by atoms with Crippen LogP contribution in [-0.2, 0) is 22.7 Å². The lowest BCUT2D eigenvalue weighted by Crippen LogP contribution is -2.22. The minimum atomic E-state index is -0.00709. The molecule has 2 aromatic rings. The summed E-state index contributed by atoms with van der Waals surface area (Å²) in [6.07, 6.45) is 11.3. The van der Waals surface area contributed by atoms with E-state index in [0.717, 1.165) is 17.6 Å². The van der Waals surface area contributed by atoms with Crippen LogP contribution < -0.4 is 0 Å². The molecule has 3 nitrogen and oxygen atoms in total. The predicted octanol–water partition coefficient (Wildman–Crippen LogP) is 6.50. The van der Waals surface area contributed by atoms with E-state index in [1.807, 2.05) is 42.5 Å². The summed E-state index contributed by atoms with van der Waals surface area (Å²) in [6.45, 7) is 8.33. The zero-order valence-electron chi connectivity index (χ0n) is 19.7. The molecule has 32 heavy (non-hydrogen) atoms. The van der Waals surface area contributed by atoms with Gasteiger partial charge in [-0.2, -0.15) is 0 Å². The smallest absolute Gasteiger partial charge is 0.0789 e. The summed E-state index contributed by atoms with van der Waals surface area (Å²) >= 11 is 0. The van der Waals surface area contributed by atoms with Crippen LogP contribution in [0.3, 0.4) is 0 Å². The van der Waals surface area contributed by atoms with E-state index in [-0.39, 0.29) is 18.6 Å². The van der Waals surface area contributed by atoms with Gasteiger partial charge in [0.05, 0.1) is 25.9 Å². The van der Waals surface area contributed by atoms with Crippen LogP contribution >= 0.6 is 0 Å². The van der Waals surface area contributed by atoms with Crippen LogP contribution in [0, 0.1) is 11.8 Å². The van der Waals surface area contributed by atoms with Gasteiger partial charge in [-0.1, -0.05) is 110 Å². The van der Waals surface area contributed by atoms with Gasteiger partial charge in [0, 0.05) is 6.61 Å². The van der Waals surface area contributed by atoms with Crippen LogP contribution in [0.5, 0.6) is 0 Å². The van der Waals surface area contributed by atoms with Crippen LogP contribution in [0.2, 0.25) is 0 Å². The van der Waals surface area contributed by atoms with Gasteiger partial charge in [-0.05, 0) is 36.3 Å². The highest BCUT2D eigenvalue weighted by atomic mass is 16.5. The van der Waals surface area contributed by atoms with Gasteiger partial charge >= 0.3 is 0 Å². The topological polar surface area (TPSA) is 38.7 Å². The van der Waals surface area contributed by atoms with Crippen LogP contribution in [0.4, 0.5) is 0 Å². The third-order valence-corrected chi connectivity index (χ3v) is 5.34. The van der Waals surface area contributed by atoms with Crippen LogP contribution in [-0.4, -0.2) is 24.4 Å². The lowest BCUT2D eigenvalue weighted by molar-refractivity contribution is 0.0283. The summed E-state index contributed by atoms with van der Waals surface area (Å²) in [5.74, 6) is 0.575. The average Bonchev–Trinajstić information content (AvgIpc) is 2.82. The van der Waals surface area contributed by atoms with E-state index in [1.165, 1.54) is 5.56 Å². The van der Waals surface area contributed by atoms with E-state index < -0.39 is 0 Å². The fraction of sp³-hybridized carbons (Fsp3) is 0.379. The average molecular weight is 435 g/mol. The van der Waals surface area contributed by atoms with E-state index in [1.54, 1.807) is 0 Å². The standard InChI is InChI=1S/C29H38O3/c1-24(18-19-31-22-27-13-6-4-7-14-27)12-10-11-17-29(26(3)20-25(2)21-30)32-23-28-15-8-5-9-16-28/h4-18,25-26,29-30H,19-23H2,1-3H3/b12-10+,17-11+,24-18+. The molecule has 0 aliphatic heterocycles. The van der Waals surface area contributed by atoms with E-state index in [9.17, 15) is 5.11 Å². The number of aliphatic hydroxyl groups is 1. The zero-order valence-corrected chi connectivity index (χ0v) is 19.7. The maximum atomic E-state index is 9.42. The van der Waals surface area contributed by atoms with Crippen LogP contribution in [0.15, 0.2) is 96.6 Å². The SMILES string of the molecule is CC(/C=C/C=C/C(OCc1ccccc1)C(C)CC(C)CO)=C\COCc1ccccc1. The fourth-order valence-electron chi connectivity index (χ4n) is 3.41. The number of ether oxygens (including phenoxy) is 2. The van der Waals surface area contributed by atoms with Crippen molar-refractivity contribution >= 4 is 0 Å². The lowest BCUT2D eigenvalue weighted by atomic mass is 9.92. The maximum absolute atomic E-state index is 9.42. The molecule has 0 aliphatic carbocycles. The van der Waals surface area contributed by atoms with Gasteiger partial charge in [0.2, 0.25) is 0 Å². The molecule has 3 heteroatoms. The molecule has 0 amide bonds. The number of benzene rings is 2. The quantitative estimate of drug-likeness (QED) is 0.272. The van der Waals surface area contributed by atoms with Gasteiger partial charge in [0.1, 0.15) is 0 Å². The van der Waals surface area contributed by atoms with Gasteiger partial charge < -0.3 is 14.6 Å². The van der Waals surface area contributed by atoms with Crippen molar-refractivity contribution in [3.05, 3.63) is 108 Å². The molecular formula is C29H38O3. The Morgan fingerprint density at radius 3 is 2.16 bits per heavy atom. The minimum absolute atomic E-state index is 0.00709. The van der Waals surface area contributed by atoms with Crippen LogP contribution in [0.25, 0.3) is 0 Å². The Labute approximate surface area is 194 Å². The molecule has 1 N–H and O–H groups in total. The van der Waals surface area contributed by atoms with Crippen molar-refractivity contribution in [2.24, 2.45) is 11.8 Å². The van der Waals surface area contributed by atoms with E-state index in [2.05, 4.69) is 69.3 Å². The van der Waals surface area contributed by atoms with Crippen molar-refractivity contribution in [2.75, 3.05) is 13.2 Å². The van der Waals surface area contributed by atoms with Crippen molar-refractivity contribution in [1.29, 1.82) is 0 Å². The second-order valence-electron chi connectivity index (χ2n) is 8.45. The second kappa shape index (κ2) is 15.4. The first-order valence-corrected chi connectivity index (χ1v) is 11.5. The number of rotatable bonds is 14. The zero-order chi connectivity index (χ0) is 23.0. The first-order valence-electron chi connectivity index (χ1n) is 11.5. The van der Waals surface area contributed by atoms with Crippen molar-refractivity contribution in [3.8, 4) is 0 Å². The molecular weight excluding hydrogens is 396 g/mol. The largest absolute Gasteiger partial charge is 0.396 e. The van der Waals surface area contributed by atoms with Crippen molar-refractivity contribution < 1.29 is 14.6 Å². The molecule has 3 atom stereocenters. The molecule has 0 saturated carbocycles. The van der Waals surface area contributed by atoms with Crippen LogP contribution in [0.1, 0.15) is 38.3 Å². The molecule has 3 unspecified atom stereocenters. The molecule has 2 aromatic carbocycles. The van der Waals surface area contributed by atoms with E-state index in [4.69, 9.17) is 9.47 Å². The van der Waals surface area contributed by atoms with E-state index >= 15 is 0 Å². The Balaban J connectivity index is 1.85. The Bertz CT molecular complexity index is 824. The molecule has 0 aliphatic rings. The summed E-state index contributed by atoms with van der Waals surface area (Å²) in [6, 6.07) is 20.4. The first kappa shape index (κ1) is 25.8. The minimum Gasteiger partial charge on any atom is -0.396 e. The molecule has 0 spiro atoms. The molecule has 0 aromatic heterocycles. The molecule has 0 radical (unpaired) electrons.